The van der Waals surface area contributed by atoms with E-state index in [1.807, 2.05) is 30.3 Å². The summed E-state index contributed by atoms with van der Waals surface area (Å²) >= 11 is 0. The van der Waals surface area contributed by atoms with Gasteiger partial charge in [-0.15, -0.1) is 40.6 Å². The molecule has 0 aliphatic rings. The Morgan fingerprint density at radius 1 is 0.733 bits per heavy atom. The minimum atomic E-state index is 0. The summed E-state index contributed by atoms with van der Waals surface area (Å²) in [6.45, 7) is 14.3. The molecule has 0 aliphatic heterocycles. The van der Waals surface area contributed by atoms with Crippen molar-refractivity contribution < 1.29 is 51.0 Å². The standard InChI is InChI=1S/C18H17.C5H5.2C2H5.2ClH.Zr/c1-13-7-14(2)9-15(8-13)10-16-11-17-5-3-4-6-18(17)12-16;1-2-4-5-3-1;2*1-2;;;/h3-9,11-12H,10H2,1-2H3;1-5H;2*1H2,2H3;2*1H;/q4*-1;;;+4/p-2. The number of rotatable bonds is 2. The first kappa shape index (κ1) is 33.5. The molecule has 0 heterocycles. The van der Waals surface area contributed by atoms with Crippen molar-refractivity contribution in [3.05, 3.63) is 121 Å². The van der Waals surface area contributed by atoms with Crippen LogP contribution in [0.5, 0.6) is 0 Å². The van der Waals surface area contributed by atoms with E-state index in [0.29, 0.717) is 0 Å². The Kier molecular flexibility index (Phi) is 22.1. The maximum Gasteiger partial charge on any atom is 4.00 e. The molecule has 0 fully saturated rings. The van der Waals surface area contributed by atoms with Crippen molar-refractivity contribution in [1.82, 2.24) is 0 Å². The predicted octanol–water partition coefficient (Wildman–Crippen LogP) is 1.86. The van der Waals surface area contributed by atoms with Crippen LogP contribution < -0.4 is 24.8 Å². The molecule has 0 aliphatic carbocycles. The summed E-state index contributed by atoms with van der Waals surface area (Å²) in [4.78, 5) is 0. The molecule has 0 saturated heterocycles. The SMILES string of the molecule is Cc1cc(C)cc(Cc2cc3ccccc3[cH-]2)c1.[CH2-]C.[CH2-]C.[Cl-].[Cl-].[Zr+4].c1cc[cH-]c1. The van der Waals surface area contributed by atoms with Gasteiger partial charge in [-0.25, -0.2) is 12.1 Å². The van der Waals surface area contributed by atoms with Crippen LogP contribution in [0.3, 0.4) is 0 Å². The Hall–Kier alpha value is -1.14. The Balaban J connectivity index is -0.000000523. The largest absolute Gasteiger partial charge is 4.00 e. The second kappa shape index (κ2) is 19.8. The summed E-state index contributed by atoms with van der Waals surface area (Å²) in [5, 5.41) is 2.69. The molecule has 4 aromatic carbocycles. The average Bonchev–Trinajstić information content (AvgIpc) is 3.37. The van der Waals surface area contributed by atoms with Crippen LogP contribution in [0.1, 0.15) is 36.1 Å². The van der Waals surface area contributed by atoms with Crippen molar-refractivity contribution >= 4 is 10.8 Å². The fourth-order valence-electron chi connectivity index (χ4n) is 3.04. The third kappa shape index (κ3) is 11.9. The molecule has 4 rings (SSSR count). The molecule has 0 radical (unpaired) electrons. The van der Waals surface area contributed by atoms with E-state index in [1.165, 1.54) is 33.0 Å². The zero-order valence-electron chi connectivity index (χ0n) is 18.5. The topological polar surface area (TPSA) is 0 Å². The van der Waals surface area contributed by atoms with Gasteiger partial charge >= 0.3 is 26.2 Å². The van der Waals surface area contributed by atoms with Gasteiger partial charge < -0.3 is 38.7 Å². The molecule has 3 heteroatoms. The Morgan fingerprint density at radius 2 is 1.27 bits per heavy atom. The van der Waals surface area contributed by atoms with E-state index >= 15 is 0 Å². The van der Waals surface area contributed by atoms with E-state index in [4.69, 9.17) is 0 Å². The van der Waals surface area contributed by atoms with Crippen LogP contribution in [-0.2, 0) is 32.6 Å². The zero-order valence-corrected chi connectivity index (χ0v) is 22.4. The van der Waals surface area contributed by atoms with E-state index < -0.39 is 0 Å². The van der Waals surface area contributed by atoms with Crippen LogP contribution >= 0.6 is 0 Å². The first-order valence-corrected chi connectivity index (χ1v) is 9.50. The van der Waals surface area contributed by atoms with Gasteiger partial charge in [0.15, 0.2) is 0 Å². The normalized spacial score (nSPS) is 8.33. The molecule has 0 nitrogen and oxygen atoms in total. The molecule has 0 saturated carbocycles. The number of hydrogen-bond donors (Lipinski definition) is 0. The van der Waals surface area contributed by atoms with Gasteiger partial charge in [-0.1, -0.05) is 35.4 Å². The van der Waals surface area contributed by atoms with Crippen LogP contribution in [0.2, 0.25) is 0 Å². The fraction of sp³-hybridized carbons (Fsp3) is 0.185. The predicted molar refractivity (Wildman–Crippen MR) is 122 cm³/mol. The summed E-state index contributed by atoms with van der Waals surface area (Å²) in [6, 6.07) is 30.0. The first-order valence-electron chi connectivity index (χ1n) is 9.50. The molecule has 0 atom stereocenters. The monoisotopic (exact) mass is 516 g/mol. The van der Waals surface area contributed by atoms with E-state index in [2.05, 4.69) is 82.3 Å². The third-order valence-corrected chi connectivity index (χ3v) is 3.92. The van der Waals surface area contributed by atoms with Gasteiger partial charge in [-0.2, -0.15) is 38.1 Å². The Labute approximate surface area is 215 Å². The van der Waals surface area contributed by atoms with E-state index in [-0.39, 0.29) is 51.0 Å². The summed E-state index contributed by atoms with van der Waals surface area (Å²) in [5.74, 6) is 0. The molecule has 160 valence electrons. The van der Waals surface area contributed by atoms with Crippen LogP contribution in [0.4, 0.5) is 0 Å². The van der Waals surface area contributed by atoms with Gasteiger partial charge in [-0.05, 0) is 25.8 Å². The quantitative estimate of drug-likeness (QED) is 0.356. The van der Waals surface area contributed by atoms with Crippen molar-refractivity contribution in [2.24, 2.45) is 0 Å². The molecule has 0 N–H and O–H groups in total. The van der Waals surface area contributed by atoms with E-state index in [9.17, 15) is 0 Å². The number of hydrogen-bond acceptors (Lipinski definition) is 0. The van der Waals surface area contributed by atoms with E-state index in [0.717, 1.165) is 6.42 Å². The second-order valence-electron chi connectivity index (χ2n) is 6.13. The van der Waals surface area contributed by atoms with Crippen molar-refractivity contribution in [1.29, 1.82) is 0 Å². The van der Waals surface area contributed by atoms with Crippen molar-refractivity contribution in [3.63, 3.8) is 0 Å². The van der Waals surface area contributed by atoms with Crippen molar-refractivity contribution in [2.45, 2.75) is 34.1 Å². The third-order valence-electron chi connectivity index (χ3n) is 3.92. The van der Waals surface area contributed by atoms with Gasteiger partial charge in [0.05, 0.1) is 0 Å². The molecule has 30 heavy (non-hydrogen) atoms. The number of aryl methyl sites for hydroxylation is 2. The van der Waals surface area contributed by atoms with Gasteiger partial charge in [-0.3, -0.25) is 0 Å². The summed E-state index contributed by atoms with van der Waals surface area (Å²) in [6.07, 6.45) is 1.02. The van der Waals surface area contributed by atoms with Gasteiger partial charge in [0.1, 0.15) is 0 Å². The molecule has 0 bridgehead atoms. The maximum atomic E-state index is 3.25. The molecule has 0 aromatic heterocycles. The van der Waals surface area contributed by atoms with Crippen LogP contribution in [-0.4, -0.2) is 0 Å². The molecular weight excluding hydrogens is 486 g/mol. The summed E-state index contributed by atoms with van der Waals surface area (Å²) < 4.78 is 0. The number of fused-ring (bicyclic) bond motifs is 1. The minimum Gasteiger partial charge on any atom is -1.00 e. The summed E-state index contributed by atoms with van der Waals surface area (Å²) in [7, 11) is 0. The zero-order chi connectivity index (χ0) is 20.1. The van der Waals surface area contributed by atoms with Crippen LogP contribution in [0.15, 0.2) is 84.9 Å². The molecule has 0 spiro atoms. The van der Waals surface area contributed by atoms with Gasteiger partial charge in [0.25, 0.3) is 0 Å². The molecule has 0 amide bonds. The fourth-order valence-corrected chi connectivity index (χ4v) is 3.04. The summed E-state index contributed by atoms with van der Waals surface area (Å²) in [5.41, 5.74) is 5.51. The second-order valence-corrected chi connectivity index (χ2v) is 6.13. The number of halogens is 2. The van der Waals surface area contributed by atoms with E-state index in [1.54, 1.807) is 13.8 Å². The first-order chi connectivity index (χ1) is 13.2. The Morgan fingerprint density at radius 3 is 1.73 bits per heavy atom. The minimum absolute atomic E-state index is 0. The smallest absolute Gasteiger partial charge is 1.00 e. The van der Waals surface area contributed by atoms with Crippen molar-refractivity contribution in [2.75, 3.05) is 0 Å². The molecule has 4 aromatic rings. The molecular formula is C27H32Cl2Zr-2. The molecule has 0 unspecified atom stereocenters. The maximum absolute atomic E-state index is 3.25. The van der Waals surface area contributed by atoms with Crippen molar-refractivity contribution in [3.8, 4) is 0 Å². The van der Waals surface area contributed by atoms with Gasteiger partial charge in [0.2, 0.25) is 0 Å². The Bertz CT molecular complexity index is 806. The van der Waals surface area contributed by atoms with Crippen LogP contribution in [0.25, 0.3) is 10.8 Å². The van der Waals surface area contributed by atoms with Gasteiger partial charge in [0, 0.05) is 0 Å². The van der Waals surface area contributed by atoms with Crippen LogP contribution in [0, 0.1) is 27.7 Å². The average molecular weight is 519 g/mol. The number of benzene rings is 2.